The Hall–Kier alpha value is -2.58. The summed E-state index contributed by atoms with van der Waals surface area (Å²) in [6, 6.07) is 5.99. The van der Waals surface area contributed by atoms with Crippen molar-refractivity contribution < 1.29 is 32.3 Å². The zero-order valence-electron chi connectivity index (χ0n) is 13.4. The zero-order chi connectivity index (χ0) is 18.6. The Morgan fingerprint density at radius 3 is 2.72 bits per heavy atom. The Kier molecular flexibility index (Phi) is 5.66. The van der Waals surface area contributed by atoms with Crippen LogP contribution in [-0.4, -0.2) is 48.6 Å². The Balaban J connectivity index is 2.00. The fourth-order valence-corrected chi connectivity index (χ4v) is 2.50. The molecule has 0 aromatic heterocycles. The molecule has 0 spiro atoms. The third-order valence-corrected chi connectivity index (χ3v) is 3.60. The number of rotatable bonds is 5. The molecule has 1 aromatic rings. The Morgan fingerprint density at radius 1 is 1.36 bits per heavy atom. The largest absolute Gasteiger partial charge is 0.462 e. The number of nitrogens with one attached hydrogen (secondary N) is 1. The molecule has 0 aliphatic carbocycles. The van der Waals surface area contributed by atoms with Crippen molar-refractivity contribution in [2.75, 3.05) is 25.0 Å². The molecule has 2 rings (SSSR count). The monoisotopic (exact) mass is 358 g/mol. The lowest BCUT2D eigenvalue weighted by molar-refractivity contribution is -0.157. The second-order valence-corrected chi connectivity index (χ2v) is 5.58. The summed E-state index contributed by atoms with van der Waals surface area (Å²) in [5.41, 5.74) is 0.540. The van der Waals surface area contributed by atoms with Gasteiger partial charge in [-0.25, -0.2) is 4.79 Å². The fourth-order valence-electron chi connectivity index (χ4n) is 2.50. The van der Waals surface area contributed by atoms with Gasteiger partial charge in [0.05, 0.1) is 18.1 Å². The van der Waals surface area contributed by atoms with Crippen LogP contribution in [0, 0.1) is 5.92 Å². The molecule has 1 atom stereocenters. The molecule has 1 fully saturated rings. The van der Waals surface area contributed by atoms with E-state index in [4.69, 9.17) is 4.74 Å². The van der Waals surface area contributed by atoms with Gasteiger partial charge in [0.2, 0.25) is 11.8 Å². The maximum Gasteiger partial charge on any atom is 0.406 e. The summed E-state index contributed by atoms with van der Waals surface area (Å²) in [5.74, 6) is -2.70. The molecule has 1 aliphatic heterocycles. The van der Waals surface area contributed by atoms with Gasteiger partial charge < -0.3 is 15.0 Å². The number of nitrogens with zero attached hydrogens (tertiary/aromatic N) is 1. The van der Waals surface area contributed by atoms with Crippen LogP contribution in [0.25, 0.3) is 0 Å². The first-order chi connectivity index (χ1) is 11.7. The lowest BCUT2D eigenvalue weighted by atomic mass is 10.1. The smallest absolute Gasteiger partial charge is 0.406 e. The first kappa shape index (κ1) is 18.8. The summed E-state index contributed by atoms with van der Waals surface area (Å²) in [6.07, 6.45) is -4.78. The summed E-state index contributed by atoms with van der Waals surface area (Å²) < 4.78 is 42.1. The number of carbonyl (C=O) groups excluding carboxylic acids is 3. The van der Waals surface area contributed by atoms with Crippen molar-refractivity contribution >= 4 is 23.5 Å². The zero-order valence-corrected chi connectivity index (χ0v) is 13.4. The van der Waals surface area contributed by atoms with Gasteiger partial charge in [0, 0.05) is 18.7 Å². The molecular formula is C16H17F3N2O4. The molecule has 2 amide bonds. The van der Waals surface area contributed by atoms with Crippen LogP contribution >= 0.6 is 0 Å². The van der Waals surface area contributed by atoms with Crippen molar-refractivity contribution in [2.45, 2.75) is 19.5 Å². The Labute approximate surface area is 141 Å². The van der Waals surface area contributed by atoms with E-state index in [0.717, 1.165) is 0 Å². The van der Waals surface area contributed by atoms with Crippen LogP contribution in [0.5, 0.6) is 0 Å². The standard InChI is InChI=1S/C16H17F3N2O4/c1-2-25-15(24)10-4-3-5-12(6-10)20-14(23)11-7-13(22)21(8-11)9-16(17,18)19/h3-6,11H,2,7-9H2,1H3,(H,20,23). The number of alkyl halides is 3. The Morgan fingerprint density at radius 2 is 2.08 bits per heavy atom. The number of carbonyl (C=O) groups is 3. The van der Waals surface area contributed by atoms with Crippen molar-refractivity contribution in [1.82, 2.24) is 4.90 Å². The highest BCUT2D eigenvalue weighted by Gasteiger charge is 2.40. The summed E-state index contributed by atoms with van der Waals surface area (Å²) in [4.78, 5) is 36.1. The summed E-state index contributed by atoms with van der Waals surface area (Å²) >= 11 is 0. The maximum absolute atomic E-state index is 12.4. The topological polar surface area (TPSA) is 75.7 Å². The van der Waals surface area contributed by atoms with Crippen molar-refractivity contribution in [3.05, 3.63) is 29.8 Å². The van der Waals surface area contributed by atoms with Crippen LogP contribution in [0.15, 0.2) is 24.3 Å². The average Bonchev–Trinajstić information content (AvgIpc) is 2.87. The molecule has 1 saturated heterocycles. The van der Waals surface area contributed by atoms with E-state index in [2.05, 4.69) is 5.32 Å². The molecule has 9 heteroatoms. The molecule has 1 aliphatic rings. The predicted molar refractivity (Wildman–Crippen MR) is 81.8 cm³/mol. The van der Waals surface area contributed by atoms with E-state index >= 15 is 0 Å². The number of likely N-dealkylation sites (tertiary alicyclic amines) is 1. The van der Waals surface area contributed by atoms with Crippen LogP contribution in [-0.2, 0) is 14.3 Å². The van der Waals surface area contributed by atoms with Crippen LogP contribution in [0.3, 0.4) is 0 Å². The molecule has 1 aromatic carbocycles. The van der Waals surface area contributed by atoms with E-state index in [9.17, 15) is 27.6 Å². The first-order valence-electron chi connectivity index (χ1n) is 7.62. The van der Waals surface area contributed by atoms with E-state index in [-0.39, 0.29) is 25.1 Å². The van der Waals surface area contributed by atoms with Crippen molar-refractivity contribution in [2.24, 2.45) is 5.92 Å². The van der Waals surface area contributed by atoms with Crippen LogP contribution in [0.4, 0.5) is 18.9 Å². The van der Waals surface area contributed by atoms with Gasteiger partial charge in [-0.2, -0.15) is 13.2 Å². The highest BCUT2D eigenvalue weighted by molar-refractivity contribution is 5.98. The van der Waals surface area contributed by atoms with E-state index in [1.807, 2.05) is 0 Å². The molecule has 1 heterocycles. The molecule has 25 heavy (non-hydrogen) atoms. The highest BCUT2D eigenvalue weighted by Crippen LogP contribution is 2.25. The third-order valence-electron chi connectivity index (χ3n) is 3.60. The number of hydrogen-bond acceptors (Lipinski definition) is 4. The molecule has 0 saturated carbocycles. The highest BCUT2D eigenvalue weighted by atomic mass is 19.4. The van der Waals surface area contributed by atoms with E-state index in [0.29, 0.717) is 10.6 Å². The van der Waals surface area contributed by atoms with Gasteiger partial charge in [0.15, 0.2) is 0 Å². The first-order valence-corrected chi connectivity index (χ1v) is 7.62. The number of anilines is 1. The van der Waals surface area contributed by atoms with Gasteiger partial charge in [0.25, 0.3) is 0 Å². The van der Waals surface area contributed by atoms with Crippen LogP contribution in [0.1, 0.15) is 23.7 Å². The van der Waals surface area contributed by atoms with Gasteiger partial charge in [-0.1, -0.05) is 6.07 Å². The molecule has 6 nitrogen and oxygen atoms in total. The van der Waals surface area contributed by atoms with E-state index in [1.54, 1.807) is 6.92 Å². The molecule has 0 radical (unpaired) electrons. The molecule has 136 valence electrons. The van der Waals surface area contributed by atoms with Crippen molar-refractivity contribution in [1.29, 1.82) is 0 Å². The summed E-state index contributed by atoms with van der Waals surface area (Å²) in [5, 5.41) is 2.52. The Bertz CT molecular complexity index is 676. The number of halogens is 3. The van der Waals surface area contributed by atoms with Gasteiger partial charge in [-0.15, -0.1) is 0 Å². The van der Waals surface area contributed by atoms with Crippen molar-refractivity contribution in [3.8, 4) is 0 Å². The van der Waals surface area contributed by atoms with E-state index < -0.39 is 36.4 Å². The van der Waals surface area contributed by atoms with E-state index in [1.165, 1.54) is 24.3 Å². The summed E-state index contributed by atoms with van der Waals surface area (Å²) in [7, 11) is 0. The maximum atomic E-state index is 12.4. The summed E-state index contributed by atoms with van der Waals surface area (Å²) in [6.45, 7) is 0.206. The van der Waals surface area contributed by atoms with Gasteiger partial charge in [-0.3, -0.25) is 9.59 Å². The predicted octanol–water partition coefficient (Wildman–Crippen LogP) is 2.21. The lowest BCUT2D eigenvalue weighted by Gasteiger charge is -2.18. The molecule has 1 unspecified atom stereocenters. The minimum atomic E-state index is -4.50. The average molecular weight is 358 g/mol. The second-order valence-electron chi connectivity index (χ2n) is 5.58. The normalized spacial score (nSPS) is 17.5. The number of amides is 2. The number of hydrogen-bond donors (Lipinski definition) is 1. The minimum absolute atomic E-state index is 0.203. The second kappa shape index (κ2) is 7.54. The fraction of sp³-hybridized carbons (Fsp3) is 0.438. The quantitative estimate of drug-likeness (QED) is 0.819. The minimum Gasteiger partial charge on any atom is -0.462 e. The molecular weight excluding hydrogens is 341 g/mol. The lowest BCUT2D eigenvalue weighted by Crippen LogP contribution is -2.36. The number of esters is 1. The van der Waals surface area contributed by atoms with Gasteiger partial charge in [0.1, 0.15) is 6.54 Å². The van der Waals surface area contributed by atoms with Gasteiger partial charge >= 0.3 is 12.1 Å². The third kappa shape index (κ3) is 5.20. The number of benzene rings is 1. The van der Waals surface area contributed by atoms with Crippen LogP contribution in [0.2, 0.25) is 0 Å². The molecule has 0 bridgehead atoms. The SMILES string of the molecule is CCOC(=O)c1cccc(NC(=O)C2CC(=O)N(CC(F)(F)F)C2)c1. The van der Waals surface area contributed by atoms with Gasteiger partial charge in [-0.05, 0) is 25.1 Å². The molecule has 1 N–H and O–H groups in total. The van der Waals surface area contributed by atoms with Crippen molar-refractivity contribution in [3.63, 3.8) is 0 Å². The number of ether oxygens (including phenoxy) is 1. The van der Waals surface area contributed by atoms with Crippen LogP contribution < -0.4 is 5.32 Å².